The molecule has 4 rings (SSSR count). The number of ether oxygens (including phenoxy) is 1. The van der Waals surface area contributed by atoms with E-state index in [1.165, 1.54) is 48.1 Å². The highest BCUT2D eigenvalue weighted by atomic mass is 32.2. The van der Waals surface area contributed by atoms with Crippen LogP contribution in [-0.2, 0) is 22.9 Å². The summed E-state index contributed by atoms with van der Waals surface area (Å²) in [5.74, 6) is 0.385. The first kappa shape index (κ1) is 22.9. The summed E-state index contributed by atoms with van der Waals surface area (Å²) in [4.78, 5) is 12.9. The second kappa shape index (κ2) is 9.27. The maximum absolute atomic E-state index is 12.9. The normalized spacial score (nSPS) is 13.8. The fourth-order valence-corrected chi connectivity index (χ4v) is 5.29. The molecule has 7 heteroatoms. The number of benzene rings is 3. The zero-order valence-corrected chi connectivity index (χ0v) is 19.9. The van der Waals surface area contributed by atoms with Crippen molar-refractivity contribution in [3.05, 3.63) is 89.0 Å². The van der Waals surface area contributed by atoms with Gasteiger partial charge >= 0.3 is 0 Å². The molecule has 0 heterocycles. The van der Waals surface area contributed by atoms with Crippen LogP contribution in [0, 0.1) is 0 Å². The molecule has 1 aliphatic carbocycles. The molecule has 3 aromatic carbocycles. The average molecular weight is 465 g/mol. The van der Waals surface area contributed by atoms with E-state index in [2.05, 4.69) is 23.5 Å². The highest BCUT2D eigenvalue weighted by Crippen LogP contribution is 2.26. The molecule has 0 bridgehead atoms. The quantitative estimate of drug-likeness (QED) is 0.559. The minimum absolute atomic E-state index is 0.124. The van der Waals surface area contributed by atoms with Crippen LogP contribution in [0.4, 0.5) is 5.69 Å². The summed E-state index contributed by atoms with van der Waals surface area (Å²) >= 11 is 0. The van der Waals surface area contributed by atoms with Crippen molar-refractivity contribution in [3.63, 3.8) is 0 Å². The van der Waals surface area contributed by atoms with Gasteiger partial charge in [0.05, 0.1) is 23.7 Å². The summed E-state index contributed by atoms with van der Waals surface area (Å²) in [5, 5.41) is 3.04. The van der Waals surface area contributed by atoms with Crippen molar-refractivity contribution in [1.29, 1.82) is 0 Å². The molecule has 0 spiro atoms. The Morgan fingerprint density at radius 3 is 2.30 bits per heavy atom. The molecule has 0 fully saturated rings. The van der Waals surface area contributed by atoms with Crippen LogP contribution >= 0.6 is 0 Å². The summed E-state index contributed by atoms with van der Waals surface area (Å²) in [6, 6.07) is 19.1. The van der Waals surface area contributed by atoms with E-state index in [0.29, 0.717) is 17.0 Å². The Labute approximate surface area is 195 Å². The van der Waals surface area contributed by atoms with Crippen LogP contribution in [0.5, 0.6) is 5.75 Å². The van der Waals surface area contributed by atoms with Crippen molar-refractivity contribution in [2.24, 2.45) is 0 Å². The van der Waals surface area contributed by atoms with E-state index in [1.807, 2.05) is 6.92 Å². The van der Waals surface area contributed by atoms with E-state index >= 15 is 0 Å². The van der Waals surface area contributed by atoms with Gasteiger partial charge in [-0.1, -0.05) is 18.2 Å². The largest absolute Gasteiger partial charge is 0.497 e. The van der Waals surface area contributed by atoms with Crippen LogP contribution in [0.1, 0.15) is 46.4 Å². The maximum atomic E-state index is 12.9. The first-order valence-corrected chi connectivity index (χ1v) is 12.4. The number of amides is 1. The van der Waals surface area contributed by atoms with Crippen molar-refractivity contribution in [2.45, 2.75) is 37.1 Å². The van der Waals surface area contributed by atoms with Crippen molar-refractivity contribution < 1.29 is 17.9 Å². The van der Waals surface area contributed by atoms with Gasteiger partial charge in [0, 0.05) is 12.6 Å². The zero-order chi connectivity index (χ0) is 23.6. The first-order chi connectivity index (χ1) is 15.8. The summed E-state index contributed by atoms with van der Waals surface area (Å²) in [6.45, 7) is 1.97. The molecule has 1 atom stereocenters. The lowest BCUT2D eigenvalue weighted by Gasteiger charge is -2.20. The van der Waals surface area contributed by atoms with Gasteiger partial charge in [-0.15, -0.1) is 0 Å². The van der Waals surface area contributed by atoms with Crippen LogP contribution in [0.2, 0.25) is 0 Å². The molecular weight excluding hydrogens is 436 g/mol. The summed E-state index contributed by atoms with van der Waals surface area (Å²) in [5.41, 5.74) is 4.81. The number of carbonyl (C=O) groups excluding carboxylic acids is 1. The Morgan fingerprint density at radius 2 is 1.64 bits per heavy atom. The number of methoxy groups -OCH3 is 1. The third-order valence-electron chi connectivity index (χ3n) is 6.18. The van der Waals surface area contributed by atoms with E-state index in [0.717, 1.165) is 18.4 Å². The number of aryl methyl sites for hydroxylation is 2. The molecule has 1 amide bonds. The molecule has 172 valence electrons. The van der Waals surface area contributed by atoms with E-state index in [4.69, 9.17) is 4.74 Å². The van der Waals surface area contributed by atoms with E-state index in [1.54, 1.807) is 36.4 Å². The molecule has 6 nitrogen and oxygen atoms in total. The molecule has 1 aliphatic rings. The van der Waals surface area contributed by atoms with Gasteiger partial charge in [-0.05, 0) is 91.4 Å². The topological polar surface area (TPSA) is 75.7 Å². The highest BCUT2D eigenvalue weighted by Gasteiger charge is 2.22. The average Bonchev–Trinajstić information content (AvgIpc) is 3.31. The van der Waals surface area contributed by atoms with Gasteiger partial charge in [0.2, 0.25) is 0 Å². The van der Waals surface area contributed by atoms with E-state index in [-0.39, 0.29) is 16.8 Å². The van der Waals surface area contributed by atoms with Crippen molar-refractivity contribution in [3.8, 4) is 5.75 Å². The second-order valence-electron chi connectivity index (χ2n) is 8.27. The Hall–Kier alpha value is -3.32. The third kappa shape index (κ3) is 4.73. The molecule has 1 unspecified atom stereocenters. The SMILES string of the molecule is COc1ccc(S(=O)(=O)N(C)c2ccc(C(=O)NC(C)c3ccc4c(c3)CCC4)cc2)cc1. The number of sulfonamides is 1. The van der Waals surface area contributed by atoms with Gasteiger partial charge < -0.3 is 10.1 Å². The molecule has 3 aromatic rings. The van der Waals surface area contributed by atoms with Crippen LogP contribution < -0.4 is 14.4 Å². The predicted molar refractivity (Wildman–Crippen MR) is 129 cm³/mol. The minimum Gasteiger partial charge on any atom is -0.497 e. The molecule has 1 N–H and O–H groups in total. The summed E-state index contributed by atoms with van der Waals surface area (Å²) in [6.07, 6.45) is 3.41. The molecule has 0 saturated carbocycles. The first-order valence-electron chi connectivity index (χ1n) is 10.9. The number of fused-ring (bicyclic) bond motifs is 1. The number of nitrogens with zero attached hydrogens (tertiary/aromatic N) is 1. The standard InChI is InChI=1S/C26H28N2O4S/c1-18(21-8-7-19-5-4-6-22(19)17-21)27-26(29)20-9-11-23(12-10-20)28(2)33(30,31)25-15-13-24(32-3)14-16-25/h7-18H,4-6H2,1-3H3,(H,27,29). The van der Waals surface area contributed by atoms with Gasteiger partial charge in [-0.3, -0.25) is 9.10 Å². The van der Waals surface area contributed by atoms with Crippen LogP contribution in [-0.4, -0.2) is 28.5 Å². The molecule has 0 aliphatic heterocycles. The molecule has 0 saturated heterocycles. The van der Waals surface area contributed by atoms with Crippen LogP contribution in [0.25, 0.3) is 0 Å². The van der Waals surface area contributed by atoms with E-state index < -0.39 is 10.0 Å². The summed E-state index contributed by atoms with van der Waals surface area (Å²) in [7, 11) is -0.715. The van der Waals surface area contributed by atoms with Crippen LogP contribution in [0.15, 0.2) is 71.6 Å². The number of rotatable bonds is 7. The lowest BCUT2D eigenvalue weighted by atomic mass is 10.0. The van der Waals surface area contributed by atoms with E-state index in [9.17, 15) is 13.2 Å². The Balaban J connectivity index is 1.45. The molecule has 33 heavy (non-hydrogen) atoms. The number of anilines is 1. The number of nitrogens with one attached hydrogen (secondary N) is 1. The molecular formula is C26H28N2O4S. The van der Waals surface area contributed by atoms with Crippen LogP contribution in [0.3, 0.4) is 0 Å². The number of hydrogen-bond acceptors (Lipinski definition) is 4. The van der Waals surface area contributed by atoms with Gasteiger partial charge in [-0.2, -0.15) is 0 Å². The Kier molecular flexibility index (Phi) is 6.42. The van der Waals surface area contributed by atoms with Gasteiger partial charge in [0.15, 0.2) is 0 Å². The summed E-state index contributed by atoms with van der Waals surface area (Å²) < 4.78 is 32.2. The monoisotopic (exact) mass is 464 g/mol. The van der Waals surface area contributed by atoms with Crippen molar-refractivity contribution in [2.75, 3.05) is 18.5 Å². The van der Waals surface area contributed by atoms with Gasteiger partial charge in [0.1, 0.15) is 5.75 Å². The van der Waals surface area contributed by atoms with Crippen molar-refractivity contribution in [1.82, 2.24) is 5.32 Å². The highest BCUT2D eigenvalue weighted by molar-refractivity contribution is 7.92. The third-order valence-corrected chi connectivity index (χ3v) is 7.98. The molecule has 0 radical (unpaired) electrons. The fourth-order valence-electron chi connectivity index (χ4n) is 4.09. The van der Waals surface area contributed by atoms with Gasteiger partial charge in [0.25, 0.3) is 15.9 Å². The fraction of sp³-hybridized carbons (Fsp3) is 0.269. The Morgan fingerprint density at radius 1 is 0.970 bits per heavy atom. The number of carbonyl (C=O) groups is 1. The zero-order valence-electron chi connectivity index (χ0n) is 19.0. The maximum Gasteiger partial charge on any atom is 0.264 e. The van der Waals surface area contributed by atoms with Crippen molar-refractivity contribution >= 4 is 21.6 Å². The predicted octanol–water partition coefficient (Wildman–Crippen LogP) is 4.50. The second-order valence-corrected chi connectivity index (χ2v) is 10.2. The smallest absolute Gasteiger partial charge is 0.264 e. The Bertz CT molecular complexity index is 1250. The molecule has 0 aromatic heterocycles. The lowest BCUT2D eigenvalue weighted by molar-refractivity contribution is 0.0940. The van der Waals surface area contributed by atoms with Gasteiger partial charge in [-0.25, -0.2) is 8.42 Å². The number of hydrogen-bond donors (Lipinski definition) is 1. The lowest BCUT2D eigenvalue weighted by Crippen LogP contribution is -2.28. The minimum atomic E-state index is -3.73.